The normalized spacial score (nSPS) is 18.8. The lowest BCUT2D eigenvalue weighted by atomic mass is 10.0. The monoisotopic (exact) mass is 553 g/mol. The zero-order valence-corrected chi connectivity index (χ0v) is 22.3. The van der Waals surface area contributed by atoms with Crippen molar-refractivity contribution in [1.82, 2.24) is 19.5 Å². The maximum absolute atomic E-state index is 12.2. The van der Waals surface area contributed by atoms with Crippen molar-refractivity contribution < 1.29 is 27.8 Å². The fourth-order valence-electron chi connectivity index (χ4n) is 4.10. The van der Waals surface area contributed by atoms with Crippen LogP contribution in [-0.2, 0) is 9.26 Å². The summed E-state index contributed by atoms with van der Waals surface area (Å²) in [6.45, 7) is 4.09. The van der Waals surface area contributed by atoms with Crippen molar-refractivity contribution in [2.24, 2.45) is 0 Å². The first-order valence-corrected chi connectivity index (χ1v) is 13.1. The number of nitrogens with zero attached hydrogens (tertiary/aromatic N) is 3. The number of rotatable bonds is 11. The quantitative estimate of drug-likeness (QED) is 0.203. The van der Waals surface area contributed by atoms with E-state index in [0.29, 0.717) is 41.5 Å². The molecule has 5 rings (SSSR count). The van der Waals surface area contributed by atoms with Crippen LogP contribution in [0.3, 0.4) is 0 Å². The minimum absolute atomic E-state index is 0.00238. The number of ether oxygens (including phenoxy) is 3. The predicted molar refractivity (Wildman–Crippen MR) is 145 cm³/mol. The zero-order valence-electron chi connectivity index (χ0n) is 21.4. The maximum Gasteiger partial charge on any atom is 0.463 e. The molecule has 2 aromatic carbocycles. The molecule has 39 heavy (non-hydrogen) atoms. The van der Waals surface area contributed by atoms with Crippen molar-refractivity contribution in [2.75, 3.05) is 26.6 Å². The van der Waals surface area contributed by atoms with E-state index in [-0.39, 0.29) is 18.1 Å². The van der Waals surface area contributed by atoms with Gasteiger partial charge in [0.25, 0.3) is 5.56 Å². The first-order chi connectivity index (χ1) is 18.9. The van der Waals surface area contributed by atoms with Crippen molar-refractivity contribution in [2.45, 2.75) is 24.7 Å². The van der Waals surface area contributed by atoms with Gasteiger partial charge in [0, 0.05) is 0 Å². The topological polar surface area (TPSA) is 145 Å². The maximum atomic E-state index is 12.2. The summed E-state index contributed by atoms with van der Waals surface area (Å²) < 4.78 is 36.9. The van der Waals surface area contributed by atoms with E-state index in [4.69, 9.17) is 33.5 Å². The minimum atomic E-state index is -1.89. The summed E-state index contributed by atoms with van der Waals surface area (Å²) in [7, 11) is 1.30. The number of nitrogen functional groups attached to an aromatic ring is 1. The van der Waals surface area contributed by atoms with Crippen LogP contribution in [0.5, 0.6) is 23.0 Å². The highest BCUT2D eigenvalue weighted by atomic mass is 31.2. The lowest BCUT2D eigenvalue weighted by molar-refractivity contribution is -0.0633. The Morgan fingerprint density at radius 2 is 1.69 bits per heavy atom. The molecule has 12 nitrogen and oxygen atoms in total. The van der Waals surface area contributed by atoms with Crippen molar-refractivity contribution in [3.05, 3.63) is 77.9 Å². The molecule has 4 aromatic rings. The first kappa shape index (κ1) is 26.5. The van der Waals surface area contributed by atoms with Gasteiger partial charge in [0.1, 0.15) is 34.8 Å². The number of aromatic amines is 1. The third kappa shape index (κ3) is 5.83. The van der Waals surface area contributed by atoms with E-state index in [1.807, 2.05) is 0 Å². The number of methoxy groups -OCH3 is 2. The number of benzene rings is 2. The molecular formula is C26H28N5O7P. The van der Waals surface area contributed by atoms with Gasteiger partial charge in [0.2, 0.25) is 5.95 Å². The highest BCUT2D eigenvalue weighted by Gasteiger charge is 2.41. The van der Waals surface area contributed by atoms with Crippen LogP contribution < -0.4 is 29.8 Å². The van der Waals surface area contributed by atoms with Gasteiger partial charge in [-0.2, -0.15) is 4.98 Å². The standard InChI is InChI=1S/C26H28N5O7P/c1-4-26(14-13-21(36-26)31-16-28-22-23(31)29-25(27)30-24(22)32)15-35-39(37-19-9-5-17(33-2)6-10-19)38-20-11-7-18(34-3)8-12-20/h4-12,16,21H,1,13-15H2,2-3H3,(H3,27,29,30,32)/t21?,26-/m0/s1. The molecule has 3 N–H and O–H groups in total. The summed E-state index contributed by atoms with van der Waals surface area (Å²) in [6.07, 6.45) is 3.96. The summed E-state index contributed by atoms with van der Waals surface area (Å²) in [6, 6.07) is 14.2. The molecule has 0 aliphatic carbocycles. The van der Waals surface area contributed by atoms with Crippen LogP contribution >= 0.6 is 8.60 Å². The van der Waals surface area contributed by atoms with Crippen molar-refractivity contribution in [3.63, 3.8) is 0 Å². The number of nitrogens with two attached hydrogens (primary N) is 1. The average molecular weight is 554 g/mol. The molecule has 1 fully saturated rings. The van der Waals surface area contributed by atoms with E-state index in [1.165, 1.54) is 6.33 Å². The highest BCUT2D eigenvalue weighted by molar-refractivity contribution is 7.42. The summed E-state index contributed by atoms with van der Waals surface area (Å²) in [5.41, 5.74) is 5.02. The number of imidazole rings is 1. The molecule has 204 valence electrons. The number of hydrogen-bond donors (Lipinski definition) is 2. The molecule has 1 aliphatic heterocycles. The minimum Gasteiger partial charge on any atom is -0.497 e. The smallest absolute Gasteiger partial charge is 0.463 e. The third-order valence-corrected chi connectivity index (χ3v) is 7.27. The average Bonchev–Trinajstić information content (AvgIpc) is 3.57. The van der Waals surface area contributed by atoms with Crippen LogP contribution in [0.2, 0.25) is 0 Å². The molecule has 0 bridgehead atoms. The number of anilines is 1. The Balaban J connectivity index is 1.32. The number of aromatic nitrogens is 4. The van der Waals surface area contributed by atoms with Crippen LogP contribution in [0.15, 0.2) is 72.3 Å². The molecule has 0 saturated carbocycles. The zero-order chi connectivity index (χ0) is 27.4. The van der Waals surface area contributed by atoms with Gasteiger partial charge in [-0.3, -0.25) is 18.9 Å². The molecule has 1 unspecified atom stereocenters. The van der Waals surface area contributed by atoms with Crippen molar-refractivity contribution in [3.8, 4) is 23.0 Å². The van der Waals surface area contributed by atoms with Gasteiger partial charge in [-0.15, -0.1) is 6.58 Å². The molecule has 0 amide bonds. The fraction of sp³-hybridized carbons (Fsp3) is 0.269. The lowest BCUT2D eigenvalue weighted by Gasteiger charge is -2.27. The van der Waals surface area contributed by atoms with Gasteiger partial charge in [-0.1, -0.05) is 6.08 Å². The van der Waals surface area contributed by atoms with Gasteiger partial charge in [-0.25, -0.2) is 4.98 Å². The van der Waals surface area contributed by atoms with E-state index in [2.05, 4.69) is 21.5 Å². The van der Waals surface area contributed by atoms with Gasteiger partial charge in [-0.05, 0) is 61.4 Å². The van der Waals surface area contributed by atoms with Crippen molar-refractivity contribution in [1.29, 1.82) is 0 Å². The lowest BCUT2D eigenvalue weighted by Crippen LogP contribution is -2.31. The molecule has 13 heteroatoms. The van der Waals surface area contributed by atoms with Gasteiger partial charge >= 0.3 is 8.60 Å². The molecular weight excluding hydrogens is 525 g/mol. The number of H-pyrrole nitrogens is 1. The fourth-order valence-corrected chi connectivity index (χ4v) is 5.15. The van der Waals surface area contributed by atoms with E-state index >= 15 is 0 Å². The van der Waals surface area contributed by atoms with E-state index in [0.717, 1.165) is 0 Å². The molecule has 3 heterocycles. The van der Waals surface area contributed by atoms with Gasteiger partial charge < -0.3 is 29.0 Å². The molecule has 0 spiro atoms. The van der Waals surface area contributed by atoms with E-state index < -0.39 is 26.0 Å². The molecule has 2 aromatic heterocycles. The Kier molecular flexibility index (Phi) is 7.69. The summed E-state index contributed by atoms with van der Waals surface area (Å²) in [5.74, 6) is 2.50. The number of hydrogen-bond acceptors (Lipinski definition) is 10. The molecule has 1 saturated heterocycles. The number of nitrogens with one attached hydrogen (secondary N) is 1. The number of fused-ring (bicyclic) bond motifs is 1. The Bertz CT molecular complexity index is 1440. The second-order valence-electron chi connectivity index (χ2n) is 8.69. The van der Waals surface area contributed by atoms with Gasteiger partial charge in [0.05, 0.1) is 27.2 Å². The Morgan fingerprint density at radius 3 is 2.26 bits per heavy atom. The second-order valence-corrected chi connectivity index (χ2v) is 9.76. The van der Waals surface area contributed by atoms with Crippen LogP contribution in [0, 0.1) is 0 Å². The molecule has 2 atom stereocenters. The summed E-state index contributed by atoms with van der Waals surface area (Å²) in [5, 5.41) is 0. The SMILES string of the molecule is C=C[C@@]1(COP(Oc2ccc(OC)cc2)Oc2ccc(OC)cc2)CCC(n2cnc3c(=O)[nH]c(N)nc32)O1. The predicted octanol–water partition coefficient (Wildman–Crippen LogP) is 4.35. The van der Waals surface area contributed by atoms with Crippen LogP contribution in [0.25, 0.3) is 11.2 Å². The van der Waals surface area contributed by atoms with Crippen LogP contribution in [0.4, 0.5) is 5.95 Å². The van der Waals surface area contributed by atoms with E-state index in [9.17, 15) is 4.79 Å². The van der Waals surface area contributed by atoms with E-state index in [1.54, 1.807) is 73.4 Å². The van der Waals surface area contributed by atoms with Gasteiger partial charge in [0.15, 0.2) is 11.2 Å². The molecule has 1 aliphatic rings. The third-order valence-electron chi connectivity index (χ3n) is 6.21. The highest BCUT2D eigenvalue weighted by Crippen LogP contribution is 2.46. The summed E-state index contributed by atoms with van der Waals surface area (Å²) >= 11 is 0. The summed E-state index contributed by atoms with van der Waals surface area (Å²) in [4.78, 5) is 23.1. The largest absolute Gasteiger partial charge is 0.497 e. The second kappa shape index (κ2) is 11.3. The molecule has 0 radical (unpaired) electrons. The Hall–Kier alpha value is -4.12. The Labute approximate surface area is 225 Å². The van der Waals surface area contributed by atoms with Crippen molar-refractivity contribution >= 4 is 25.7 Å². The Morgan fingerprint density at radius 1 is 1.10 bits per heavy atom. The van der Waals surface area contributed by atoms with Crippen LogP contribution in [0.1, 0.15) is 19.1 Å². The first-order valence-electron chi connectivity index (χ1n) is 12.0. The van der Waals surface area contributed by atoms with Crippen LogP contribution in [-0.4, -0.2) is 45.9 Å².